The van der Waals surface area contributed by atoms with Crippen LogP contribution < -0.4 is 15.9 Å². The van der Waals surface area contributed by atoms with Crippen molar-refractivity contribution in [1.29, 1.82) is 0 Å². The highest BCUT2D eigenvalue weighted by Crippen LogP contribution is 2.41. The Balaban J connectivity index is 1.14. The summed E-state index contributed by atoms with van der Waals surface area (Å²) >= 11 is 2.91. The quantitative estimate of drug-likeness (QED) is 0.183. The van der Waals surface area contributed by atoms with Gasteiger partial charge in [0, 0.05) is 78.2 Å². The van der Waals surface area contributed by atoms with E-state index in [0.717, 1.165) is 56.3 Å². The summed E-state index contributed by atoms with van der Waals surface area (Å²) in [7, 11) is 2.08. The summed E-state index contributed by atoms with van der Waals surface area (Å²) in [5, 5.41) is 2.80. The Hall–Kier alpha value is -5.49. The van der Waals surface area contributed by atoms with Gasteiger partial charge in [-0.1, -0.05) is 40.2 Å². The summed E-state index contributed by atoms with van der Waals surface area (Å²) in [6.07, 6.45) is -8.46. The molecule has 2 amide bonds. The molecule has 2 saturated heterocycles. The van der Waals surface area contributed by atoms with Crippen LogP contribution in [0.1, 0.15) is 50.3 Å². The van der Waals surface area contributed by atoms with Crippen molar-refractivity contribution < 1.29 is 35.9 Å². The van der Waals surface area contributed by atoms with Gasteiger partial charge in [-0.2, -0.15) is 26.3 Å². The van der Waals surface area contributed by atoms with Crippen LogP contribution in [0, 0.1) is 5.41 Å². The minimum atomic E-state index is -4.74. The molecule has 302 valence electrons. The van der Waals surface area contributed by atoms with Gasteiger partial charge in [-0.05, 0) is 68.1 Å². The number of halogens is 7. The van der Waals surface area contributed by atoms with E-state index in [2.05, 4.69) is 48.1 Å². The van der Waals surface area contributed by atoms with Crippen LogP contribution in [0.4, 0.5) is 32.0 Å². The van der Waals surface area contributed by atoms with Gasteiger partial charge in [0.2, 0.25) is 0 Å². The molecule has 1 N–H and O–H groups in total. The van der Waals surface area contributed by atoms with Crippen molar-refractivity contribution in [2.45, 2.75) is 45.0 Å². The van der Waals surface area contributed by atoms with Crippen LogP contribution in [0.15, 0.2) is 88.3 Å². The average molecular weight is 870 g/mol. The third-order valence-electron chi connectivity index (χ3n) is 10.9. The molecule has 5 heterocycles. The van der Waals surface area contributed by atoms with Gasteiger partial charge >= 0.3 is 18.0 Å². The molecular weight excluding hydrogens is 834 g/mol. The van der Waals surface area contributed by atoms with Crippen LogP contribution in [0.2, 0.25) is 0 Å². The van der Waals surface area contributed by atoms with Crippen molar-refractivity contribution >= 4 is 33.4 Å². The van der Waals surface area contributed by atoms with Gasteiger partial charge in [0.15, 0.2) is 5.82 Å². The first-order valence-corrected chi connectivity index (χ1v) is 19.0. The molecule has 0 bridgehead atoms. The van der Waals surface area contributed by atoms with Crippen molar-refractivity contribution in [2.75, 3.05) is 38.1 Å². The molecule has 58 heavy (non-hydrogen) atoms. The van der Waals surface area contributed by atoms with Gasteiger partial charge in [-0.15, -0.1) is 0 Å². The molecule has 5 aromatic rings. The molecule has 1 atom stereocenters. The molecule has 1 spiro atoms. The molecule has 3 aromatic carbocycles. The lowest BCUT2D eigenvalue weighted by molar-refractivity contribution is -0.141. The number of amides is 2. The third-order valence-corrected chi connectivity index (χ3v) is 11.6. The van der Waals surface area contributed by atoms with E-state index in [-0.39, 0.29) is 57.9 Å². The Kier molecular flexibility index (Phi) is 9.77. The van der Waals surface area contributed by atoms with E-state index >= 15 is 0 Å². The van der Waals surface area contributed by atoms with E-state index in [0.29, 0.717) is 11.3 Å². The fourth-order valence-corrected chi connectivity index (χ4v) is 8.73. The van der Waals surface area contributed by atoms with Gasteiger partial charge in [0.25, 0.3) is 11.8 Å². The van der Waals surface area contributed by atoms with Gasteiger partial charge in [0.1, 0.15) is 11.4 Å². The normalized spacial score (nSPS) is 17.8. The molecule has 0 saturated carbocycles. The standard InChI is InChI=1S/C40H35BrF6N8O3/c1-23-17-54-31(18-53(23)36(57)24-7-12-30(41)29(15-24)39(42,43)44)33(55(37(54)58)27-10-8-26(9-11-27)52-21-38(22-52)19-51(2)20-38)35(56)49-16-25-5-3-4-6-28(25)34-48-14-13-32(50-34)40(45,46)47/h3-15,23H,16-22H2,1-2H3,(H,49,56)/t23-/m0/s1. The lowest BCUT2D eigenvalue weighted by Crippen LogP contribution is -2.71. The number of nitrogens with zero attached hydrogens (tertiary/aromatic N) is 7. The van der Waals surface area contributed by atoms with Crippen molar-refractivity contribution in [3.63, 3.8) is 0 Å². The van der Waals surface area contributed by atoms with Gasteiger partial charge in [-0.25, -0.2) is 14.8 Å². The molecule has 11 nitrogen and oxygen atoms in total. The second-order valence-electron chi connectivity index (χ2n) is 15.1. The number of anilines is 1. The molecule has 18 heteroatoms. The van der Waals surface area contributed by atoms with Gasteiger partial charge in [-0.3, -0.25) is 18.7 Å². The fourth-order valence-electron chi connectivity index (χ4n) is 8.26. The van der Waals surface area contributed by atoms with Crippen molar-refractivity contribution in [1.82, 2.24) is 34.2 Å². The monoisotopic (exact) mass is 868 g/mol. The van der Waals surface area contributed by atoms with E-state index in [1.807, 2.05) is 12.1 Å². The Morgan fingerprint density at radius 3 is 2.28 bits per heavy atom. The molecule has 0 radical (unpaired) electrons. The van der Waals surface area contributed by atoms with E-state index in [4.69, 9.17) is 0 Å². The first-order valence-electron chi connectivity index (χ1n) is 18.3. The minimum Gasteiger partial charge on any atom is -0.370 e. The first kappa shape index (κ1) is 39.3. The molecule has 3 aliphatic rings. The summed E-state index contributed by atoms with van der Waals surface area (Å²) in [6, 6.07) is 16.8. The van der Waals surface area contributed by atoms with E-state index in [9.17, 15) is 40.7 Å². The third kappa shape index (κ3) is 7.16. The maximum absolute atomic E-state index is 14.4. The van der Waals surface area contributed by atoms with Crippen LogP contribution in [0.25, 0.3) is 17.1 Å². The number of alkyl halides is 6. The van der Waals surface area contributed by atoms with Gasteiger partial charge < -0.3 is 20.0 Å². The number of aromatic nitrogens is 4. The number of likely N-dealkylation sites (tertiary alicyclic amines) is 1. The maximum Gasteiger partial charge on any atom is 0.433 e. The van der Waals surface area contributed by atoms with E-state index in [1.54, 1.807) is 37.3 Å². The van der Waals surface area contributed by atoms with Crippen LogP contribution in [0.5, 0.6) is 0 Å². The Labute approximate surface area is 336 Å². The predicted molar refractivity (Wildman–Crippen MR) is 204 cm³/mol. The average Bonchev–Trinajstić information content (AvgIpc) is 3.44. The van der Waals surface area contributed by atoms with Crippen LogP contribution >= 0.6 is 15.9 Å². The summed E-state index contributed by atoms with van der Waals surface area (Å²) in [4.78, 5) is 56.2. The van der Waals surface area contributed by atoms with Crippen LogP contribution in [-0.4, -0.2) is 80.0 Å². The largest absolute Gasteiger partial charge is 0.433 e. The lowest BCUT2D eigenvalue weighted by atomic mass is 9.73. The SMILES string of the molecule is C[C@H]1Cn2c(c(C(=O)NCc3ccccc3-c3nccc(C(F)(F)F)n3)n(-c3ccc(N4CC5(CN(C)C5)C4)cc3)c2=O)CN1C(=O)c1ccc(Br)c(C(F)(F)F)c1. The van der Waals surface area contributed by atoms with E-state index in [1.165, 1.54) is 26.2 Å². The van der Waals surface area contributed by atoms with Crippen molar-refractivity contribution in [3.8, 4) is 17.1 Å². The highest BCUT2D eigenvalue weighted by Gasteiger charge is 2.50. The minimum absolute atomic E-state index is 0.0616. The number of imidazole rings is 1. The fraction of sp³-hybridized carbons (Fsp3) is 0.325. The zero-order valence-corrected chi connectivity index (χ0v) is 32.6. The second-order valence-corrected chi connectivity index (χ2v) is 16.0. The summed E-state index contributed by atoms with van der Waals surface area (Å²) < 4.78 is 84.3. The summed E-state index contributed by atoms with van der Waals surface area (Å²) in [5.74, 6) is -1.67. The number of nitrogens with one attached hydrogen (secondary N) is 1. The summed E-state index contributed by atoms with van der Waals surface area (Å²) in [5.41, 5.74) is -0.713. The van der Waals surface area contributed by atoms with Crippen molar-refractivity contribution in [2.24, 2.45) is 5.41 Å². The van der Waals surface area contributed by atoms with Crippen LogP contribution in [-0.2, 0) is 32.0 Å². The Bertz CT molecular complexity index is 2490. The van der Waals surface area contributed by atoms with E-state index < -0.39 is 47.2 Å². The Morgan fingerprint density at radius 2 is 1.60 bits per heavy atom. The molecular formula is C40H35BrF6N8O3. The zero-order valence-electron chi connectivity index (χ0n) is 31.0. The smallest absolute Gasteiger partial charge is 0.370 e. The number of fused-ring (bicyclic) bond motifs is 1. The topological polar surface area (TPSA) is 109 Å². The Morgan fingerprint density at radius 1 is 0.914 bits per heavy atom. The number of benzene rings is 3. The lowest BCUT2D eigenvalue weighted by Gasteiger charge is -2.60. The first-order chi connectivity index (χ1) is 27.4. The number of carbonyl (C=O) groups is 2. The van der Waals surface area contributed by atoms with Crippen molar-refractivity contribution in [3.05, 3.63) is 128 Å². The number of carbonyl (C=O) groups excluding carboxylic acids is 2. The molecule has 8 rings (SSSR count). The number of hydrogen-bond acceptors (Lipinski definition) is 7. The second kappa shape index (κ2) is 14.4. The molecule has 3 aliphatic heterocycles. The predicted octanol–water partition coefficient (Wildman–Crippen LogP) is 6.62. The number of rotatable bonds is 7. The highest BCUT2D eigenvalue weighted by atomic mass is 79.9. The molecule has 2 aromatic heterocycles. The van der Waals surface area contributed by atoms with Crippen LogP contribution in [0.3, 0.4) is 0 Å². The number of hydrogen-bond donors (Lipinski definition) is 1. The highest BCUT2D eigenvalue weighted by molar-refractivity contribution is 9.10. The molecule has 0 aliphatic carbocycles. The summed E-state index contributed by atoms with van der Waals surface area (Å²) in [6.45, 7) is 4.92. The maximum atomic E-state index is 14.4. The zero-order chi connectivity index (χ0) is 41.3. The molecule has 0 unspecified atom stereocenters. The molecule has 2 fully saturated rings. The van der Waals surface area contributed by atoms with Gasteiger partial charge in [0.05, 0.1) is 23.5 Å².